The maximum atomic E-state index is 5.67. The lowest BCUT2D eigenvalue weighted by molar-refractivity contribution is 0.104. The van der Waals surface area contributed by atoms with Crippen molar-refractivity contribution in [1.29, 1.82) is 0 Å². The quantitative estimate of drug-likeness (QED) is 0.532. The fourth-order valence-corrected chi connectivity index (χ4v) is 2.05. The molecule has 2 rings (SSSR count). The number of epoxide rings is 1. The average molecular weight is 234 g/mol. The molecule has 0 spiro atoms. The SMILES string of the molecule is CC(C)(CCCOCc1ccccc1)[C@@H]1CO1. The van der Waals surface area contributed by atoms with Gasteiger partial charge < -0.3 is 9.47 Å². The van der Waals surface area contributed by atoms with Gasteiger partial charge in [-0.25, -0.2) is 0 Å². The van der Waals surface area contributed by atoms with Gasteiger partial charge >= 0.3 is 0 Å². The van der Waals surface area contributed by atoms with Crippen LogP contribution in [0.1, 0.15) is 32.3 Å². The summed E-state index contributed by atoms with van der Waals surface area (Å²) in [5, 5.41) is 0. The molecule has 2 heteroatoms. The lowest BCUT2D eigenvalue weighted by atomic mass is 9.85. The first-order chi connectivity index (χ1) is 8.18. The lowest BCUT2D eigenvalue weighted by Crippen LogP contribution is -2.19. The van der Waals surface area contributed by atoms with E-state index in [0.717, 1.165) is 26.2 Å². The van der Waals surface area contributed by atoms with E-state index in [0.29, 0.717) is 11.5 Å². The Labute approximate surface area is 104 Å². The largest absolute Gasteiger partial charge is 0.377 e. The van der Waals surface area contributed by atoms with Crippen molar-refractivity contribution in [2.24, 2.45) is 5.41 Å². The van der Waals surface area contributed by atoms with Crippen molar-refractivity contribution in [1.82, 2.24) is 0 Å². The van der Waals surface area contributed by atoms with E-state index in [1.165, 1.54) is 12.0 Å². The van der Waals surface area contributed by atoms with Crippen molar-refractivity contribution in [2.45, 2.75) is 39.4 Å². The predicted octanol–water partition coefficient (Wildman–Crippen LogP) is 3.41. The zero-order valence-corrected chi connectivity index (χ0v) is 10.8. The van der Waals surface area contributed by atoms with Gasteiger partial charge in [-0.15, -0.1) is 0 Å². The van der Waals surface area contributed by atoms with Crippen LogP contribution >= 0.6 is 0 Å². The van der Waals surface area contributed by atoms with E-state index in [1.54, 1.807) is 0 Å². The molecule has 1 saturated heterocycles. The van der Waals surface area contributed by atoms with Crippen LogP contribution in [0.3, 0.4) is 0 Å². The maximum absolute atomic E-state index is 5.67. The molecular weight excluding hydrogens is 212 g/mol. The van der Waals surface area contributed by atoms with Gasteiger partial charge in [0.05, 0.1) is 19.3 Å². The Morgan fingerprint density at radius 2 is 2.00 bits per heavy atom. The van der Waals surface area contributed by atoms with E-state index >= 15 is 0 Å². The second kappa shape index (κ2) is 5.65. The second-order valence-corrected chi connectivity index (χ2v) is 5.45. The number of ether oxygens (including phenoxy) is 2. The van der Waals surface area contributed by atoms with Crippen LogP contribution in [0.2, 0.25) is 0 Å². The van der Waals surface area contributed by atoms with Gasteiger partial charge in [-0.3, -0.25) is 0 Å². The summed E-state index contributed by atoms with van der Waals surface area (Å²) >= 11 is 0. The number of rotatable bonds is 7. The van der Waals surface area contributed by atoms with Crippen LogP contribution in [-0.4, -0.2) is 19.3 Å². The molecule has 0 N–H and O–H groups in total. The van der Waals surface area contributed by atoms with Crippen LogP contribution in [0.4, 0.5) is 0 Å². The molecule has 17 heavy (non-hydrogen) atoms. The van der Waals surface area contributed by atoms with Gasteiger partial charge in [0.1, 0.15) is 0 Å². The number of hydrogen-bond acceptors (Lipinski definition) is 2. The fraction of sp³-hybridized carbons (Fsp3) is 0.600. The van der Waals surface area contributed by atoms with Crippen LogP contribution in [0.5, 0.6) is 0 Å². The third-order valence-corrected chi connectivity index (χ3v) is 3.43. The van der Waals surface area contributed by atoms with E-state index < -0.39 is 0 Å². The van der Waals surface area contributed by atoms with E-state index in [4.69, 9.17) is 9.47 Å². The zero-order valence-electron chi connectivity index (χ0n) is 10.8. The van der Waals surface area contributed by atoms with Crippen LogP contribution < -0.4 is 0 Å². The van der Waals surface area contributed by atoms with Gasteiger partial charge in [0.2, 0.25) is 0 Å². The minimum Gasteiger partial charge on any atom is -0.377 e. The van der Waals surface area contributed by atoms with Crippen LogP contribution in [0.25, 0.3) is 0 Å². The molecule has 1 aromatic carbocycles. The Morgan fingerprint density at radius 3 is 2.65 bits per heavy atom. The molecule has 1 aliphatic heterocycles. The standard InChI is InChI=1S/C15H22O2/c1-15(2,14-12-17-14)9-6-10-16-11-13-7-4-3-5-8-13/h3-5,7-8,14H,6,9-12H2,1-2H3/t14-/m0/s1. The van der Waals surface area contributed by atoms with Gasteiger partial charge in [-0.1, -0.05) is 44.2 Å². The molecule has 1 fully saturated rings. The Kier molecular flexibility index (Phi) is 4.19. The predicted molar refractivity (Wildman–Crippen MR) is 68.9 cm³/mol. The van der Waals surface area contributed by atoms with E-state index in [1.807, 2.05) is 18.2 Å². The summed E-state index contributed by atoms with van der Waals surface area (Å²) in [5.74, 6) is 0. The van der Waals surface area contributed by atoms with Crippen LogP contribution in [-0.2, 0) is 16.1 Å². The van der Waals surface area contributed by atoms with Gasteiger partial charge in [-0.05, 0) is 23.8 Å². The first-order valence-corrected chi connectivity index (χ1v) is 6.42. The summed E-state index contributed by atoms with van der Waals surface area (Å²) in [4.78, 5) is 0. The van der Waals surface area contributed by atoms with Gasteiger partial charge in [0.25, 0.3) is 0 Å². The van der Waals surface area contributed by atoms with Gasteiger partial charge in [0, 0.05) is 6.61 Å². The molecule has 1 heterocycles. The van der Waals surface area contributed by atoms with E-state index in [-0.39, 0.29) is 0 Å². The molecule has 1 atom stereocenters. The molecule has 0 amide bonds. The highest BCUT2D eigenvalue weighted by Crippen LogP contribution is 2.36. The van der Waals surface area contributed by atoms with Crippen molar-refractivity contribution in [3.63, 3.8) is 0 Å². The summed E-state index contributed by atoms with van der Waals surface area (Å²) in [6.07, 6.45) is 2.77. The fourth-order valence-electron chi connectivity index (χ4n) is 2.05. The minimum absolute atomic E-state index is 0.316. The summed E-state index contributed by atoms with van der Waals surface area (Å²) in [6, 6.07) is 10.3. The molecule has 1 aromatic rings. The van der Waals surface area contributed by atoms with Crippen molar-refractivity contribution in [2.75, 3.05) is 13.2 Å². The highest BCUT2D eigenvalue weighted by atomic mass is 16.6. The Hall–Kier alpha value is -0.860. The molecule has 0 aromatic heterocycles. The summed E-state index contributed by atoms with van der Waals surface area (Å²) in [7, 11) is 0. The molecule has 0 unspecified atom stereocenters. The van der Waals surface area contributed by atoms with Gasteiger partial charge in [0.15, 0.2) is 0 Å². The third kappa shape index (κ3) is 4.14. The molecule has 0 saturated carbocycles. The average Bonchev–Trinajstić information content (AvgIpc) is 3.14. The monoisotopic (exact) mass is 234 g/mol. The minimum atomic E-state index is 0.316. The first kappa shape index (κ1) is 12.6. The molecular formula is C15H22O2. The van der Waals surface area contributed by atoms with Gasteiger partial charge in [-0.2, -0.15) is 0 Å². The number of hydrogen-bond donors (Lipinski definition) is 0. The number of benzene rings is 1. The third-order valence-electron chi connectivity index (χ3n) is 3.43. The second-order valence-electron chi connectivity index (χ2n) is 5.45. The maximum Gasteiger partial charge on any atom is 0.0860 e. The topological polar surface area (TPSA) is 21.8 Å². The first-order valence-electron chi connectivity index (χ1n) is 6.42. The van der Waals surface area contributed by atoms with Crippen molar-refractivity contribution < 1.29 is 9.47 Å². The Bertz CT molecular complexity index is 328. The molecule has 0 bridgehead atoms. The van der Waals surface area contributed by atoms with Crippen LogP contribution in [0.15, 0.2) is 30.3 Å². The highest BCUT2D eigenvalue weighted by Gasteiger charge is 2.38. The normalized spacial score (nSPS) is 19.3. The highest BCUT2D eigenvalue weighted by molar-refractivity contribution is 5.13. The van der Waals surface area contributed by atoms with Crippen LogP contribution in [0, 0.1) is 5.41 Å². The zero-order chi connectivity index (χ0) is 12.1. The summed E-state index contributed by atoms with van der Waals surface area (Å²) < 4.78 is 11.0. The Balaban J connectivity index is 1.57. The van der Waals surface area contributed by atoms with E-state index in [9.17, 15) is 0 Å². The lowest BCUT2D eigenvalue weighted by Gasteiger charge is -2.21. The van der Waals surface area contributed by atoms with Crippen molar-refractivity contribution in [3.8, 4) is 0 Å². The summed E-state index contributed by atoms with van der Waals surface area (Å²) in [5.41, 5.74) is 1.56. The molecule has 1 aliphatic rings. The summed E-state index contributed by atoms with van der Waals surface area (Å²) in [6.45, 7) is 7.06. The molecule has 0 aliphatic carbocycles. The Morgan fingerprint density at radius 1 is 1.29 bits per heavy atom. The van der Waals surface area contributed by atoms with Crippen molar-refractivity contribution in [3.05, 3.63) is 35.9 Å². The molecule has 0 radical (unpaired) electrons. The smallest absolute Gasteiger partial charge is 0.0860 e. The molecule has 94 valence electrons. The van der Waals surface area contributed by atoms with E-state index in [2.05, 4.69) is 26.0 Å². The molecule has 2 nitrogen and oxygen atoms in total. The van der Waals surface area contributed by atoms with Crippen molar-refractivity contribution >= 4 is 0 Å².